The van der Waals surface area contributed by atoms with Gasteiger partial charge in [-0.3, -0.25) is 4.79 Å². The first-order valence-corrected chi connectivity index (χ1v) is 10.3. The molecular weight excluding hydrogens is 519 g/mol. The van der Waals surface area contributed by atoms with E-state index in [-0.39, 0.29) is 0 Å². The molecule has 27 heavy (non-hydrogen) atoms. The summed E-state index contributed by atoms with van der Waals surface area (Å²) in [6, 6.07) is 6.44. The minimum Gasteiger partial charge on any atom is -0.272 e. The van der Waals surface area contributed by atoms with Gasteiger partial charge in [0.15, 0.2) is 5.03 Å². The smallest absolute Gasteiger partial charge is 0.272 e. The quantitative estimate of drug-likeness (QED) is 0.475. The molecular formula is C15H10Br2F3N3O3S. The number of hydrogen-bond donors (Lipinski definition) is 1. The Kier molecular flexibility index (Phi) is 6.76. The van der Waals surface area contributed by atoms with Crippen molar-refractivity contribution in [2.45, 2.75) is 11.2 Å². The van der Waals surface area contributed by atoms with Crippen LogP contribution in [0.15, 0.2) is 55.6 Å². The maximum absolute atomic E-state index is 12.5. The molecule has 0 saturated heterocycles. The van der Waals surface area contributed by atoms with Crippen LogP contribution in [0.3, 0.4) is 0 Å². The summed E-state index contributed by atoms with van der Waals surface area (Å²) in [7, 11) is -4.21. The van der Waals surface area contributed by atoms with Crippen molar-refractivity contribution in [3.05, 3.63) is 56.6 Å². The van der Waals surface area contributed by atoms with Crippen LogP contribution in [0.25, 0.3) is 0 Å². The molecule has 1 amide bonds. The van der Waals surface area contributed by atoms with Gasteiger partial charge in [0.25, 0.3) is 5.91 Å². The fraction of sp³-hybridized carbons (Fsp3) is 0.133. The van der Waals surface area contributed by atoms with Gasteiger partial charge in [0, 0.05) is 15.1 Å². The third kappa shape index (κ3) is 6.11. The van der Waals surface area contributed by atoms with Crippen molar-refractivity contribution in [1.29, 1.82) is 0 Å². The van der Waals surface area contributed by atoms with Crippen LogP contribution >= 0.6 is 31.9 Å². The van der Waals surface area contributed by atoms with E-state index in [9.17, 15) is 26.4 Å². The van der Waals surface area contributed by atoms with Gasteiger partial charge in [0.05, 0.1) is 11.8 Å². The number of amides is 1. The van der Waals surface area contributed by atoms with Crippen molar-refractivity contribution in [3.8, 4) is 0 Å². The minimum absolute atomic E-state index is 0.397. The van der Waals surface area contributed by atoms with Crippen LogP contribution in [-0.4, -0.2) is 31.3 Å². The Morgan fingerprint density at radius 3 is 2.44 bits per heavy atom. The lowest BCUT2D eigenvalue weighted by Gasteiger charge is -2.07. The highest BCUT2D eigenvalue weighted by Crippen LogP contribution is 2.28. The van der Waals surface area contributed by atoms with E-state index in [4.69, 9.17) is 0 Å². The fourth-order valence-corrected chi connectivity index (χ4v) is 3.47. The Balaban J connectivity index is 2.01. The van der Waals surface area contributed by atoms with Crippen molar-refractivity contribution in [1.82, 2.24) is 10.4 Å². The number of sulfone groups is 1. The van der Waals surface area contributed by atoms with E-state index in [2.05, 4.69) is 41.9 Å². The normalized spacial score (nSPS) is 12.3. The lowest BCUT2D eigenvalue weighted by atomic mass is 10.2. The number of nitrogens with zero attached hydrogens (tertiary/aromatic N) is 2. The molecule has 1 heterocycles. The number of benzene rings is 1. The number of aromatic nitrogens is 1. The Morgan fingerprint density at radius 2 is 1.89 bits per heavy atom. The molecule has 0 radical (unpaired) electrons. The van der Waals surface area contributed by atoms with Crippen LogP contribution < -0.4 is 5.43 Å². The summed E-state index contributed by atoms with van der Waals surface area (Å²) in [5, 5.41) is 3.01. The average molecular weight is 529 g/mol. The van der Waals surface area contributed by atoms with Crippen LogP contribution in [0.1, 0.15) is 11.1 Å². The van der Waals surface area contributed by atoms with Crippen LogP contribution in [0, 0.1) is 0 Å². The fourth-order valence-electron chi connectivity index (χ4n) is 1.78. The van der Waals surface area contributed by atoms with Gasteiger partial charge in [-0.2, -0.15) is 18.3 Å². The summed E-state index contributed by atoms with van der Waals surface area (Å²) >= 11 is 6.59. The molecule has 0 unspecified atom stereocenters. The van der Waals surface area contributed by atoms with Crippen LogP contribution in [0.4, 0.5) is 13.2 Å². The third-order valence-corrected chi connectivity index (χ3v) is 6.45. The van der Waals surface area contributed by atoms with Crippen LogP contribution in [-0.2, 0) is 20.8 Å². The maximum atomic E-state index is 12.5. The van der Waals surface area contributed by atoms with E-state index in [1.54, 1.807) is 18.2 Å². The zero-order valence-corrected chi connectivity index (χ0v) is 17.2. The van der Waals surface area contributed by atoms with Crippen molar-refractivity contribution in [3.63, 3.8) is 0 Å². The number of alkyl halides is 3. The molecule has 6 nitrogen and oxygen atoms in total. The number of carbonyl (C=O) groups is 1. The SMILES string of the molecule is O=C(CS(=O)(=O)c1ccc(C(F)(F)F)cn1)N/N=C/c1ccc(Br)c(Br)c1. The molecule has 2 aromatic rings. The van der Waals surface area contributed by atoms with Gasteiger partial charge in [0.1, 0.15) is 5.75 Å². The minimum atomic E-state index is -4.64. The van der Waals surface area contributed by atoms with Crippen LogP contribution in [0.5, 0.6) is 0 Å². The second kappa shape index (κ2) is 8.48. The van der Waals surface area contributed by atoms with E-state index < -0.39 is 38.3 Å². The molecule has 0 saturated carbocycles. The van der Waals surface area contributed by atoms with Gasteiger partial charge in [-0.25, -0.2) is 18.8 Å². The van der Waals surface area contributed by atoms with Gasteiger partial charge in [0.2, 0.25) is 9.84 Å². The second-order valence-corrected chi connectivity index (χ2v) is 8.75. The first-order valence-electron chi connectivity index (χ1n) is 7.02. The summed E-state index contributed by atoms with van der Waals surface area (Å²) < 4.78 is 63.1. The van der Waals surface area contributed by atoms with Crippen molar-refractivity contribution in [2.24, 2.45) is 5.10 Å². The first kappa shape index (κ1) is 21.5. The van der Waals surface area contributed by atoms with E-state index in [0.717, 1.165) is 8.95 Å². The van der Waals surface area contributed by atoms with E-state index in [1.807, 2.05) is 5.43 Å². The van der Waals surface area contributed by atoms with Crippen molar-refractivity contribution in [2.75, 3.05) is 5.75 Å². The first-order chi connectivity index (χ1) is 12.5. The Labute approximate surface area is 169 Å². The van der Waals surface area contributed by atoms with Gasteiger partial charge >= 0.3 is 6.18 Å². The number of halogens is 5. The molecule has 0 aliphatic rings. The van der Waals surface area contributed by atoms with Crippen molar-refractivity contribution < 1.29 is 26.4 Å². The molecule has 0 spiro atoms. The Hall–Kier alpha value is -1.79. The molecule has 12 heteroatoms. The maximum Gasteiger partial charge on any atom is 0.417 e. The molecule has 0 atom stereocenters. The second-order valence-electron chi connectivity index (χ2n) is 5.11. The number of hydrazone groups is 1. The van der Waals surface area contributed by atoms with Gasteiger partial charge < -0.3 is 0 Å². The zero-order chi connectivity index (χ0) is 20.2. The van der Waals surface area contributed by atoms with Gasteiger partial charge in [-0.05, 0) is 61.7 Å². The van der Waals surface area contributed by atoms with E-state index >= 15 is 0 Å². The summed E-state index contributed by atoms with van der Waals surface area (Å²) in [5.74, 6) is -1.96. The third-order valence-electron chi connectivity index (χ3n) is 3.05. The lowest BCUT2D eigenvalue weighted by molar-refractivity contribution is -0.137. The highest BCUT2D eigenvalue weighted by molar-refractivity contribution is 9.13. The molecule has 144 valence electrons. The van der Waals surface area contributed by atoms with E-state index in [0.29, 0.717) is 23.9 Å². The molecule has 1 N–H and O–H groups in total. The van der Waals surface area contributed by atoms with Crippen LogP contribution in [0.2, 0.25) is 0 Å². The zero-order valence-electron chi connectivity index (χ0n) is 13.2. The molecule has 2 rings (SSSR count). The summed E-state index contributed by atoms with van der Waals surface area (Å²) in [6.45, 7) is 0. The number of nitrogens with one attached hydrogen (secondary N) is 1. The highest BCUT2D eigenvalue weighted by Gasteiger charge is 2.31. The molecule has 0 aliphatic heterocycles. The van der Waals surface area contributed by atoms with Crippen molar-refractivity contribution >= 4 is 53.8 Å². The molecule has 0 fully saturated rings. The molecule has 0 bridgehead atoms. The predicted octanol–water partition coefficient (Wildman–Crippen LogP) is 3.55. The highest BCUT2D eigenvalue weighted by atomic mass is 79.9. The summed E-state index contributed by atoms with van der Waals surface area (Å²) in [4.78, 5) is 15.0. The molecule has 1 aromatic carbocycles. The lowest BCUT2D eigenvalue weighted by Crippen LogP contribution is -2.27. The number of carbonyl (C=O) groups excluding carboxylic acids is 1. The average Bonchev–Trinajstić information content (AvgIpc) is 2.57. The topological polar surface area (TPSA) is 88.5 Å². The monoisotopic (exact) mass is 527 g/mol. The molecule has 1 aromatic heterocycles. The molecule has 0 aliphatic carbocycles. The standard InChI is InChI=1S/C15H10Br2F3N3O3S/c16-11-3-1-9(5-12(11)17)6-22-23-13(24)8-27(25,26)14-4-2-10(7-21-14)15(18,19)20/h1-7H,8H2,(H,23,24)/b22-6+. The number of rotatable bonds is 5. The summed E-state index contributed by atoms with van der Waals surface area (Å²) in [5.41, 5.74) is 1.59. The van der Waals surface area contributed by atoms with Gasteiger partial charge in [-0.1, -0.05) is 6.07 Å². The Bertz CT molecular complexity index is 978. The number of hydrogen-bond acceptors (Lipinski definition) is 5. The summed E-state index contributed by atoms with van der Waals surface area (Å²) in [6.07, 6.45) is -2.93. The predicted molar refractivity (Wildman–Crippen MR) is 98.9 cm³/mol. The Morgan fingerprint density at radius 1 is 1.19 bits per heavy atom. The van der Waals surface area contributed by atoms with Gasteiger partial charge in [-0.15, -0.1) is 0 Å². The van der Waals surface area contributed by atoms with E-state index in [1.165, 1.54) is 6.21 Å². The largest absolute Gasteiger partial charge is 0.417 e. The number of pyridine rings is 1.